The number of ether oxygens (including phenoxy) is 2. The lowest BCUT2D eigenvalue weighted by Gasteiger charge is -2.20. The van der Waals surface area contributed by atoms with Crippen molar-refractivity contribution in [3.8, 4) is 11.5 Å². The van der Waals surface area contributed by atoms with Gasteiger partial charge in [-0.15, -0.1) is 0 Å². The minimum Gasteiger partial charge on any atom is -0.496 e. The highest BCUT2D eigenvalue weighted by Gasteiger charge is 2.14. The molecule has 0 saturated carbocycles. The third-order valence-corrected chi connectivity index (χ3v) is 4.22. The van der Waals surface area contributed by atoms with Crippen molar-refractivity contribution in [3.05, 3.63) is 59.7 Å². The van der Waals surface area contributed by atoms with Gasteiger partial charge in [0.15, 0.2) is 0 Å². The van der Waals surface area contributed by atoms with Crippen LogP contribution < -0.4 is 14.8 Å². The van der Waals surface area contributed by atoms with Gasteiger partial charge in [0, 0.05) is 12.1 Å². The fourth-order valence-electron chi connectivity index (χ4n) is 2.74. The number of nitrogens with one attached hydrogen (secondary N) is 1. The summed E-state index contributed by atoms with van der Waals surface area (Å²) in [6.45, 7) is 5.50. The zero-order valence-corrected chi connectivity index (χ0v) is 16.0. The number of benzene rings is 2. The van der Waals surface area contributed by atoms with E-state index in [4.69, 9.17) is 9.47 Å². The van der Waals surface area contributed by atoms with Crippen molar-refractivity contribution < 1.29 is 14.3 Å². The molecule has 0 fully saturated rings. The van der Waals surface area contributed by atoms with E-state index >= 15 is 0 Å². The molecule has 5 heteroatoms. The molecule has 1 amide bonds. The molecule has 26 heavy (non-hydrogen) atoms. The van der Waals surface area contributed by atoms with Gasteiger partial charge >= 0.3 is 0 Å². The number of aryl methyl sites for hydroxylation is 1. The molecule has 0 spiro atoms. The van der Waals surface area contributed by atoms with Crippen LogP contribution in [0.4, 0.5) is 0 Å². The zero-order chi connectivity index (χ0) is 18.9. The molecule has 140 valence electrons. The van der Waals surface area contributed by atoms with Crippen LogP contribution in [0.2, 0.25) is 0 Å². The molecule has 1 N–H and O–H groups in total. The molecule has 0 aliphatic carbocycles. The van der Waals surface area contributed by atoms with Crippen LogP contribution in [0.3, 0.4) is 0 Å². The van der Waals surface area contributed by atoms with E-state index in [1.807, 2.05) is 74.3 Å². The van der Waals surface area contributed by atoms with E-state index in [9.17, 15) is 4.79 Å². The minimum atomic E-state index is -0.115. The Morgan fingerprint density at radius 2 is 1.77 bits per heavy atom. The number of hydrogen-bond donors (Lipinski definition) is 1. The van der Waals surface area contributed by atoms with Gasteiger partial charge in [-0.25, -0.2) is 0 Å². The van der Waals surface area contributed by atoms with E-state index in [1.54, 1.807) is 7.11 Å². The summed E-state index contributed by atoms with van der Waals surface area (Å²) < 4.78 is 11.1. The Balaban J connectivity index is 1.77. The van der Waals surface area contributed by atoms with Crippen LogP contribution >= 0.6 is 0 Å². The molecule has 0 radical (unpaired) electrons. The molecular weight excluding hydrogens is 328 g/mol. The number of carbonyl (C=O) groups is 1. The molecule has 0 aromatic heterocycles. The van der Waals surface area contributed by atoms with Crippen LogP contribution in [0.15, 0.2) is 48.5 Å². The Kier molecular flexibility index (Phi) is 7.48. The van der Waals surface area contributed by atoms with Gasteiger partial charge in [-0.05, 0) is 38.6 Å². The van der Waals surface area contributed by atoms with Crippen molar-refractivity contribution in [2.24, 2.45) is 0 Å². The molecule has 0 aliphatic rings. The summed E-state index contributed by atoms with van der Waals surface area (Å²) in [7, 11) is 3.55. The van der Waals surface area contributed by atoms with Gasteiger partial charge in [-0.1, -0.05) is 36.4 Å². The predicted molar refractivity (Wildman–Crippen MR) is 104 cm³/mol. The van der Waals surface area contributed by atoms with Crippen molar-refractivity contribution in [1.29, 1.82) is 0 Å². The lowest BCUT2D eigenvalue weighted by molar-refractivity contribution is -0.122. The molecule has 1 atom stereocenters. The molecule has 5 nitrogen and oxygen atoms in total. The van der Waals surface area contributed by atoms with Crippen LogP contribution in [0.1, 0.15) is 24.1 Å². The number of hydrogen-bond acceptors (Lipinski definition) is 4. The molecule has 1 unspecified atom stereocenters. The number of rotatable bonds is 9. The van der Waals surface area contributed by atoms with Crippen LogP contribution in [-0.4, -0.2) is 44.7 Å². The first-order valence-corrected chi connectivity index (χ1v) is 8.80. The Bertz CT molecular complexity index is 718. The number of methoxy groups -OCH3 is 1. The van der Waals surface area contributed by atoms with Crippen molar-refractivity contribution in [2.75, 3.05) is 33.9 Å². The molecular formula is C21H28N2O3. The highest BCUT2D eigenvalue weighted by Crippen LogP contribution is 2.24. The van der Waals surface area contributed by atoms with E-state index in [0.717, 1.165) is 22.6 Å². The van der Waals surface area contributed by atoms with Crippen LogP contribution in [0, 0.1) is 6.92 Å². The average molecular weight is 356 g/mol. The largest absolute Gasteiger partial charge is 0.496 e. The monoisotopic (exact) mass is 356 g/mol. The number of para-hydroxylation sites is 2. The molecule has 0 aliphatic heterocycles. The maximum absolute atomic E-state index is 12.3. The van der Waals surface area contributed by atoms with E-state index in [1.165, 1.54) is 0 Å². The SMILES string of the molecule is COc1ccccc1C(C)NC(=O)CN(C)CCOc1ccccc1C. The maximum atomic E-state index is 12.3. The molecule has 0 saturated heterocycles. The fourth-order valence-corrected chi connectivity index (χ4v) is 2.74. The van der Waals surface area contributed by atoms with Crippen molar-refractivity contribution in [1.82, 2.24) is 10.2 Å². The molecule has 0 bridgehead atoms. The lowest BCUT2D eigenvalue weighted by atomic mass is 10.1. The summed E-state index contributed by atoms with van der Waals surface area (Å²) in [5.74, 6) is 1.64. The number of nitrogens with zero attached hydrogens (tertiary/aromatic N) is 1. The predicted octanol–water partition coefficient (Wildman–Crippen LogP) is 3.19. The van der Waals surface area contributed by atoms with Gasteiger partial charge in [-0.3, -0.25) is 9.69 Å². The van der Waals surface area contributed by atoms with E-state index < -0.39 is 0 Å². The van der Waals surface area contributed by atoms with E-state index in [0.29, 0.717) is 19.7 Å². The summed E-state index contributed by atoms with van der Waals surface area (Å²) in [5, 5.41) is 3.02. The van der Waals surface area contributed by atoms with Crippen LogP contribution in [0.25, 0.3) is 0 Å². The number of amides is 1. The molecule has 2 aromatic carbocycles. The van der Waals surface area contributed by atoms with Gasteiger partial charge in [-0.2, -0.15) is 0 Å². The Morgan fingerprint density at radius 1 is 1.12 bits per heavy atom. The second-order valence-electron chi connectivity index (χ2n) is 6.38. The normalized spacial score (nSPS) is 11.9. The third-order valence-electron chi connectivity index (χ3n) is 4.22. The summed E-state index contributed by atoms with van der Waals surface area (Å²) >= 11 is 0. The average Bonchev–Trinajstić information content (AvgIpc) is 2.63. The van der Waals surface area contributed by atoms with Gasteiger partial charge in [0.25, 0.3) is 0 Å². The molecule has 0 heterocycles. The van der Waals surface area contributed by atoms with Crippen molar-refractivity contribution >= 4 is 5.91 Å². The molecule has 2 aromatic rings. The minimum absolute atomic E-state index is 0.0261. The Labute approximate surface area is 155 Å². The second kappa shape index (κ2) is 9.82. The van der Waals surface area contributed by atoms with Crippen molar-refractivity contribution in [3.63, 3.8) is 0 Å². The second-order valence-corrected chi connectivity index (χ2v) is 6.38. The smallest absolute Gasteiger partial charge is 0.234 e. The highest BCUT2D eigenvalue weighted by molar-refractivity contribution is 5.78. The van der Waals surface area contributed by atoms with Gasteiger partial charge in [0.1, 0.15) is 18.1 Å². The molecule has 2 rings (SSSR count). The van der Waals surface area contributed by atoms with Gasteiger partial charge < -0.3 is 14.8 Å². The highest BCUT2D eigenvalue weighted by atomic mass is 16.5. The first kappa shape index (κ1) is 19.8. The third kappa shape index (κ3) is 5.77. The van der Waals surface area contributed by atoms with Crippen LogP contribution in [0.5, 0.6) is 11.5 Å². The summed E-state index contributed by atoms with van der Waals surface area (Å²) in [6.07, 6.45) is 0. The first-order chi connectivity index (χ1) is 12.5. The first-order valence-electron chi connectivity index (χ1n) is 8.80. The van der Waals surface area contributed by atoms with Crippen LogP contribution in [-0.2, 0) is 4.79 Å². The van der Waals surface area contributed by atoms with E-state index in [-0.39, 0.29) is 11.9 Å². The lowest BCUT2D eigenvalue weighted by Crippen LogP contribution is -2.38. The van der Waals surface area contributed by atoms with Crippen molar-refractivity contribution in [2.45, 2.75) is 19.9 Å². The Hall–Kier alpha value is -2.53. The van der Waals surface area contributed by atoms with E-state index in [2.05, 4.69) is 5.32 Å². The Morgan fingerprint density at radius 3 is 2.46 bits per heavy atom. The van der Waals surface area contributed by atoms with Gasteiger partial charge in [0.2, 0.25) is 5.91 Å². The quantitative estimate of drug-likeness (QED) is 0.750. The topological polar surface area (TPSA) is 50.8 Å². The standard InChI is InChI=1S/C21H28N2O3/c1-16-9-5-7-11-19(16)26-14-13-23(3)15-21(24)22-17(2)18-10-6-8-12-20(18)25-4/h5-12,17H,13-15H2,1-4H3,(H,22,24). The van der Waals surface area contributed by atoms with Gasteiger partial charge in [0.05, 0.1) is 19.7 Å². The number of likely N-dealkylation sites (N-methyl/N-ethyl adjacent to an activating group) is 1. The number of carbonyl (C=O) groups excluding carboxylic acids is 1. The zero-order valence-electron chi connectivity index (χ0n) is 16.0. The summed E-state index contributed by atoms with van der Waals surface area (Å²) in [4.78, 5) is 14.2. The summed E-state index contributed by atoms with van der Waals surface area (Å²) in [5.41, 5.74) is 2.08. The summed E-state index contributed by atoms with van der Waals surface area (Å²) in [6, 6.07) is 15.5. The maximum Gasteiger partial charge on any atom is 0.234 e. The fraction of sp³-hybridized carbons (Fsp3) is 0.381.